The van der Waals surface area contributed by atoms with Crippen molar-refractivity contribution in [1.82, 2.24) is 15.6 Å². The molecule has 1 rings (SSSR count). The van der Waals surface area contributed by atoms with Crippen LogP contribution in [0.4, 0.5) is 0 Å². The van der Waals surface area contributed by atoms with Crippen LogP contribution in [0.2, 0.25) is 0 Å². The molecule has 0 aliphatic carbocycles. The van der Waals surface area contributed by atoms with E-state index in [2.05, 4.69) is 55.2 Å². The van der Waals surface area contributed by atoms with Crippen molar-refractivity contribution < 1.29 is 9.15 Å². The lowest BCUT2D eigenvalue weighted by atomic mass is 9.94. The van der Waals surface area contributed by atoms with Crippen LogP contribution in [0, 0.1) is 5.92 Å². The van der Waals surface area contributed by atoms with Crippen molar-refractivity contribution in [3.05, 3.63) is 17.8 Å². The summed E-state index contributed by atoms with van der Waals surface area (Å²) in [5.74, 6) is 2.94. The molecule has 6 nitrogen and oxygen atoms in total. The largest absolute Gasteiger partial charge is 0.443 e. The molecule has 0 unspecified atom stereocenters. The zero-order valence-electron chi connectivity index (χ0n) is 16.5. The van der Waals surface area contributed by atoms with Crippen LogP contribution in [0.1, 0.15) is 59.6 Å². The number of oxazole rings is 1. The summed E-state index contributed by atoms with van der Waals surface area (Å²) in [6.07, 6.45) is 2.88. The molecule has 0 spiro atoms. The van der Waals surface area contributed by atoms with Gasteiger partial charge >= 0.3 is 0 Å². The first-order valence-electron chi connectivity index (χ1n) is 8.88. The number of aliphatic imine (C=N–C) groups is 1. The summed E-state index contributed by atoms with van der Waals surface area (Å²) in [7, 11) is 0. The SMILES string of the molecule is CCNC(=NCc1ncc(C(C)(C)C)o1)NCCOCCC(C)C.I. The second kappa shape index (κ2) is 12.5. The van der Waals surface area contributed by atoms with E-state index in [0.29, 0.717) is 25.0 Å². The maximum absolute atomic E-state index is 5.76. The minimum atomic E-state index is -0.0367. The van der Waals surface area contributed by atoms with Crippen LogP contribution < -0.4 is 10.6 Å². The molecule has 1 heterocycles. The lowest BCUT2D eigenvalue weighted by Crippen LogP contribution is -2.39. The molecule has 25 heavy (non-hydrogen) atoms. The third-order valence-corrected chi connectivity index (χ3v) is 3.39. The number of guanidine groups is 1. The smallest absolute Gasteiger partial charge is 0.216 e. The zero-order valence-corrected chi connectivity index (χ0v) is 18.8. The summed E-state index contributed by atoms with van der Waals surface area (Å²) in [5, 5.41) is 6.47. The first-order valence-corrected chi connectivity index (χ1v) is 8.88. The van der Waals surface area contributed by atoms with Crippen LogP contribution in [0.15, 0.2) is 15.6 Å². The Morgan fingerprint density at radius 1 is 1.28 bits per heavy atom. The number of nitrogens with one attached hydrogen (secondary N) is 2. The number of ether oxygens (including phenoxy) is 1. The zero-order chi connectivity index (χ0) is 18.0. The number of hydrogen-bond acceptors (Lipinski definition) is 4. The summed E-state index contributed by atoms with van der Waals surface area (Å²) in [6.45, 7) is 16.2. The number of halogens is 1. The molecule has 0 amide bonds. The molecule has 0 atom stereocenters. The van der Waals surface area contributed by atoms with Gasteiger partial charge in [0.05, 0.1) is 12.8 Å². The van der Waals surface area contributed by atoms with Crippen LogP contribution in [0.3, 0.4) is 0 Å². The van der Waals surface area contributed by atoms with Gasteiger partial charge in [-0.15, -0.1) is 24.0 Å². The summed E-state index contributed by atoms with van der Waals surface area (Å²) >= 11 is 0. The average Bonchev–Trinajstić information content (AvgIpc) is 2.97. The van der Waals surface area contributed by atoms with Gasteiger partial charge < -0.3 is 19.8 Å². The second-order valence-corrected chi connectivity index (χ2v) is 7.29. The lowest BCUT2D eigenvalue weighted by molar-refractivity contribution is 0.128. The first kappa shape index (κ1) is 24.2. The Labute approximate surface area is 169 Å². The van der Waals surface area contributed by atoms with Crippen molar-refractivity contribution in [2.24, 2.45) is 10.9 Å². The average molecular weight is 466 g/mol. The standard InChI is InChI=1S/C18H34N4O2.HI/c1-7-19-17(20-9-11-23-10-8-14(2)3)22-13-16-21-12-15(24-16)18(4,5)6;/h12,14H,7-11,13H2,1-6H3,(H2,19,20,22);1H. The summed E-state index contributed by atoms with van der Waals surface area (Å²) in [5.41, 5.74) is -0.0367. The minimum absolute atomic E-state index is 0. The molecule has 1 aromatic rings. The molecule has 1 aromatic heterocycles. The molecule has 0 bridgehead atoms. The van der Waals surface area contributed by atoms with Gasteiger partial charge in [0.25, 0.3) is 0 Å². The molecule has 0 saturated heterocycles. The molecular formula is C18H35IN4O2. The third-order valence-electron chi connectivity index (χ3n) is 3.39. The van der Waals surface area contributed by atoms with E-state index in [1.165, 1.54) is 0 Å². The fourth-order valence-electron chi connectivity index (χ4n) is 1.88. The highest BCUT2D eigenvalue weighted by molar-refractivity contribution is 14.0. The molecule has 2 N–H and O–H groups in total. The predicted octanol–water partition coefficient (Wildman–Crippen LogP) is 3.71. The van der Waals surface area contributed by atoms with Crippen molar-refractivity contribution >= 4 is 29.9 Å². The van der Waals surface area contributed by atoms with Crippen LogP contribution in [0.5, 0.6) is 0 Å². The van der Waals surface area contributed by atoms with Crippen LogP contribution in [-0.4, -0.2) is 37.2 Å². The molecule has 7 heteroatoms. The van der Waals surface area contributed by atoms with E-state index in [1.54, 1.807) is 6.20 Å². The predicted molar refractivity (Wildman–Crippen MR) is 114 cm³/mol. The van der Waals surface area contributed by atoms with E-state index in [0.717, 1.165) is 37.8 Å². The van der Waals surface area contributed by atoms with Crippen LogP contribution >= 0.6 is 24.0 Å². The van der Waals surface area contributed by atoms with Crippen LogP contribution in [-0.2, 0) is 16.7 Å². The number of rotatable bonds is 9. The number of nitrogens with zero attached hydrogens (tertiary/aromatic N) is 2. The molecule has 0 fully saturated rings. The molecular weight excluding hydrogens is 431 g/mol. The van der Waals surface area contributed by atoms with E-state index in [-0.39, 0.29) is 29.4 Å². The quantitative estimate of drug-likeness (QED) is 0.251. The highest BCUT2D eigenvalue weighted by Crippen LogP contribution is 2.22. The minimum Gasteiger partial charge on any atom is -0.443 e. The van der Waals surface area contributed by atoms with Crippen molar-refractivity contribution in [3.63, 3.8) is 0 Å². The Kier molecular flexibility index (Phi) is 12.1. The summed E-state index contributed by atoms with van der Waals surface area (Å²) < 4.78 is 11.4. The Morgan fingerprint density at radius 3 is 2.56 bits per heavy atom. The highest BCUT2D eigenvalue weighted by atomic mass is 127. The second-order valence-electron chi connectivity index (χ2n) is 7.29. The van der Waals surface area contributed by atoms with Crippen molar-refractivity contribution in [1.29, 1.82) is 0 Å². The van der Waals surface area contributed by atoms with Gasteiger partial charge in [0.2, 0.25) is 5.89 Å². The molecule has 146 valence electrons. The maximum Gasteiger partial charge on any atom is 0.216 e. The van der Waals surface area contributed by atoms with Gasteiger partial charge in [-0.2, -0.15) is 0 Å². The van der Waals surface area contributed by atoms with Crippen molar-refractivity contribution in [3.8, 4) is 0 Å². The number of hydrogen-bond donors (Lipinski definition) is 2. The van der Waals surface area contributed by atoms with Gasteiger partial charge in [0.15, 0.2) is 5.96 Å². The molecule has 0 radical (unpaired) electrons. The molecule has 0 aromatic carbocycles. The third kappa shape index (κ3) is 10.7. The van der Waals surface area contributed by atoms with E-state index in [9.17, 15) is 0 Å². The Bertz CT molecular complexity index is 496. The molecule has 0 aliphatic rings. The Morgan fingerprint density at radius 2 is 2.00 bits per heavy atom. The van der Waals surface area contributed by atoms with Gasteiger partial charge in [0, 0.05) is 25.1 Å². The van der Waals surface area contributed by atoms with Crippen LogP contribution in [0.25, 0.3) is 0 Å². The lowest BCUT2D eigenvalue weighted by Gasteiger charge is -2.13. The van der Waals surface area contributed by atoms with Crippen molar-refractivity contribution in [2.75, 3.05) is 26.3 Å². The highest BCUT2D eigenvalue weighted by Gasteiger charge is 2.18. The topological polar surface area (TPSA) is 71.7 Å². The number of aromatic nitrogens is 1. The monoisotopic (exact) mass is 466 g/mol. The van der Waals surface area contributed by atoms with E-state index in [1.807, 2.05) is 6.92 Å². The van der Waals surface area contributed by atoms with Gasteiger partial charge in [-0.25, -0.2) is 9.98 Å². The maximum atomic E-state index is 5.76. The van der Waals surface area contributed by atoms with Crippen molar-refractivity contribution in [2.45, 2.75) is 59.9 Å². The van der Waals surface area contributed by atoms with Gasteiger partial charge in [-0.1, -0.05) is 34.6 Å². The van der Waals surface area contributed by atoms with Gasteiger partial charge in [-0.05, 0) is 19.3 Å². The van der Waals surface area contributed by atoms with Gasteiger partial charge in [-0.3, -0.25) is 0 Å². The Hall–Kier alpha value is -0.830. The van der Waals surface area contributed by atoms with Gasteiger partial charge in [0.1, 0.15) is 12.3 Å². The van der Waals surface area contributed by atoms with E-state index < -0.39 is 0 Å². The fraction of sp³-hybridized carbons (Fsp3) is 0.778. The fourth-order valence-corrected chi connectivity index (χ4v) is 1.88. The van der Waals surface area contributed by atoms with E-state index >= 15 is 0 Å². The summed E-state index contributed by atoms with van der Waals surface area (Å²) in [4.78, 5) is 8.81. The van der Waals surface area contributed by atoms with E-state index in [4.69, 9.17) is 9.15 Å². The normalized spacial score (nSPS) is 12.2. The molecule has 0 saturated carbocycles. The molecule has 0 aliphatic heterocycles. The first-order chi connectivity index (χ1) is 11.3. The Balaban J connectivity index is 0.00000576. The summed E-state index contributed by atoms with van der Waals surface area (Å²) in [6, 6.07) is 0.